The Morgan fingerprint density at radius 1 is 1.62 bits per heavy atom. The summed E-state index contributed by atoms with van der Waals surface area (Å²) in [7, 11) is 0. The standard InChI is InChI=1S/C12H21NO3/c1-9-5-6-13(10(7-9)8-14)11(15)16-12(2,3)4/h5,10,14H,6-8H2,1-4H3/t10-/m1/s1. The van der Waals surface area contributed by atoms with Crippen molar-refractivity contribution in [3.05, 3.63) is 11.6 Å². The summed E-state index contributed by atoms with van der Waals surface area (Å²) in [6.45, 7) is 8.02. The van der Waals surface area contributed by atoms with Crippen LogP contribution in [0.25, 0.3) is 0 Å². The van der Waals surface area contributed by atoms with Gasteiger partial charge >= 0.3 is 6.09 Å². The molecule has 1 aliphatic rings. The van der Waals surface area contributed by atoms with Gasteiger partial charge in [0.25, 0.3) is 0 Å². The van der Waals surface area contributed by atoms with Crippen LogP contribution in [0.15, 0.2) is 11.6 Å². The van der Waals surface area contributed by atoms with Crippen molar-refractivity contribution in [2.24, 2.45) is 0 Å². The van der Waals surface area contributed by atoms with E-state index in [1.807, 2.05) is 33.8 Å². The lowest BCUT2D eigenvalue weighted by molar-refractivity contribution is 0.0109. The summed E-state index contributed by atoms with van der Waals surface area (Å²) >= 11 is 0. The highest BCUT2D eigenvalue weighted by molar-refractivity contribution is 5.69. The summed E-state index contributed by atoms with van der Waals surface area (Å²) in [5.74, 6) is 0. The van der Waals surface area contributed by atoms with Gasteiger partial charge in [-0.05, 0) is 34.1 Å². The van der Waals surface area contributed by atoms with Gasteiger partial charge in [0.05, 0.1) is 12.6 Å². The van der Waals surface area contributed by atoms with Gasteiger partial charge in [-0.2, -0.15) is 0 Å². The second-order valence-electron chi connectivity index (χ2n) is 5.22. The Morgan fingerprint density at radius 3 is 2.75 bits per heavy atom. The van der Waals surface area contributed by atoms with E-state index in [0.29, 0.717) is 6.54 Å². The van der Waals surface area contributed by atoms with Crippen LogP contribution in [0.5, 0.6) is 0 Å². The molecule has 92 valence electrons. The molecule has 0 aromatic rings. The smallest absolute Gasteiger partial charge is 0.410 e. The monoisotopic (exact) mass is 227 g/mol. The van der Waals surface area contributed by atoms with E-state index in [2.05, 4.69) is 0 Å². The first-order valence-corrected chi connectivity index (χ1v) is 5.59. The van der Waals surface area contributed by atoms with Gasteiger partial charge in [-0.15, -0.1) is 0 Å². The number of aliphatic hydroxyl groups excluding tert-OH is 1. The number of hydrogen-bond donors (Lipinski definition) is 1. The van der Waals surface area contributed by atoms with E-state index in [-0.39, 0.29) is 18.7 Å². The van der Waals surface area contributed by atoms with Gasteiger partial charge in [-0.25, -0.2) is 4.79 Å². The Hall–Kier alpha value is -1.03. The molecule has 4 heteroatoms. The molecule has 16 heavy (non-hydrogen) atoms. The average molecular weight is 227 g/mol. The number of carbonyl (C=O) groups is 1. The maximum atomic E-state index is 11.9. The summed E-state index contributed by atoms with van der Waals surface area (Å²) in [6.07, 6.45) is 2.36. The topological polar surface area (TPSA) is 49.8 Å². The van der Waals surface area contributed by atoms with E-state index in [0.717, 1.165) is 6.42 Å². The first-order valence-electron chi connectivity index (χ1n) is 5.59. The minimum absolute atomic E-state index is 0.0234. The molecule has 1 amide bonds. The maximum Gasteiger partial charge on any atom is 0.410 e. The highest BCUT2D eigenvalue weighted by Gasteiger charge is 2.29. The summed E-state index contributed by atoms with van der Waals surface area (Å²) in [4.78, 5) is 13.4. The summed E-state index contributed by atoms with van der Waals surface area (Å²) in [5, 5.41) is 9.25. The van der Waals surface area contributed by atoms with E-state index in [4.69, 9.17) is 4.74 Å². The highest BCUT2D eigenvalue weighted by Crippen LogP contribution is 2.20. The van der Waals surface area contributed by atoms with Crippen molar-refractivity contribution in [3.8, 4) is 0 Å². The zero-order valence-electron chi connectivity index (χ0n) is 10.5. The average Bonchev–Trinajstić information content (AvgIpc) is 2.14. The van der Waals surface area contributed by atoms with Crippen molar-refractivity contribution >= 4 is 6.09 Å². The molecule has 0 aliphatic carbocycles. The van der Waals surface area contributed by atoms with Crippen molar-refractivity contribution in [2.75, 3.05) is 13.2 Å². The zero-order valence-corrected chi connectivity index (χ0v) is 10.5. The number of amides is 1. The van der Waals surface area contributed by atoms with E-state index < -0.39 is 5.60 Å². The highest BCUT2D eigenvalue weighted by atomic mass is 16.6. The second-order valence-corrected chi connectivity index (χ2v) is 5.22. The van der Waals surface area contributed by atoms with E-state index >= 15 is 0 Å². The number of carbonyl (C=O) groups excluding carboxylic acids is 1. The Bertz CT molecular complexity index is 291. The first kappa shape index (κ1) is 13.0. The van der Waals surface area contributed by atoms with Crippen LogP contribution in [-0.4, -0.2) is 40.9 Å². The summed E-state index contributed by atoms with van der Waals surface area (Å²) < 4.78 is 5.29. The van der Waals surface area contributed by atoms with Gasteiger partial charge in [-0.1, -0.05) is 11.6 Å². The molecule has 0 radical (unpaired) electrons. The molecule has 1 atom stereocenters. The molecule has 1 heterocycles. The molecule has 0 saturated heterocycles. The minimum atomic E-state index is -0.493. The van der Waals surface area contributed by atoms with Gasteiger partial charge in [0.15, 0.2) is 0 Å². The maximum absolute atomic E-state index is 11.9. The van der Waals surface area contributed by atoms with Crippen LogP contribution >= 0.6 is 0 Å². The number of nitrogens with zero attached hydrogens (tertiary/aromatic N) is 1. The molecule has 4 nitrogen and oxygen atoms in total. The molecule has 1 N–H and O–H groups in total. The number of hydrogen-bond acceptors (Lipinski definition) is 3. The van der Waals surface area contributed by atoms with Gasteiger partial charge in [0.1, 0.15) is 5.60 Å². The van der Waals surface area contributed by atoms with Crippen LogP contribution < -0.4 is 0 Å². The molecular weight excluding hydrogens is 206 g/mol. The number of aliphatic hydroxyl groups is 1. The molecule has 0 saturated carbocycles. The first-order chi connectivity index (χ1) is 7.33. The molecule has 0 aromatic heterocycles. The van der Waals surface area contributed by atoms with Crippen molar-refractivity contribution in [1.82, 2.24) is 4.90 Å². The molecule has 0 bridgehead atoms. The Labute approximate surface area is 96.9 Å². The van der Waals surface area contributed by atoms with Crippen LogP contribution in [0, 0.1) is 0 Å². The predicted octanol–water partition coefficient (Wildman–Crippen LogP) is 1.93. The van der Waals surface area contributed by atoms with Crippen molar-refractivity contribution < 1.29 is 14.6 Å². The van der Waals surface area contributed by atoms with Gasteiger partial charge in [-0.3, -0.25) is 4.90 Å². The normalized spacial score (nSPS) is 21.7. The Morgan fingerprint density at radius 2 is 2.25 bits per heavy atom. The van der Waals surface area contributed by atoms with E-state index in [1.165, 1.54) is 5.57 Å². The van der Waals surface area contributed by atoms with Crippen LogP contribution in [0.4, 0.5) is 4.79 Å². The van der Waals surface area contributed by atoms with Gasteiger partial charge in [0, 0.05) is 6.54 Å². The molecule has 0 aromatic carbocycles. The fraction of sp³-hybridized carbons (Fsp3) is 0.750. The molecular formula is C12H21NO3. The van der Waals surface area contributed by atoms with Gasteiger partial charge < -0.3 is 9.84 Å². The van der Waals surface area contributed by atoms with Gasteiger partial charge in [0.2, 0.25) is 0 Å². The fourth-order valence-corrected chi connectivity index (χ4v) is 1.68. The second kappa shape index (κ2) is 4.87. The van der Waals surface area contributed by atoms with E-state index in [9.17, 15) is 9.90 Å². The lowest BCUT2D eigenvalue weighted by Crippen LogP contribution is -2.47. The third-order valence-electron chi connectivity index (χ3n) is 2.47. The lowest BCUT2D eigenvalue weighted by Gasteiger charge is -2.34. The van der Waals surface area contributed by atoms with Crippen LogP contribution in [-0.2, 0) is 4.74 Å². The van der Waals surface area contributed by atoms with Crippen molar-refractivity contribution in [2.45, 2.75) is 45.8 Å². The molecule has 0 fully saturated rings. The number of rotatable bonds is 1. The predicted molar refractivity (Wildman–Crippen MR) is 62.2 cm³/mol. The molecule has 1 aliphatic heterocycles. The quantitative estimate of drug-likeness (QED) is 0.696. The largest absolute Gasteiger partial charge is 0.444 e. The van der Waals surface area contributed by atoms with Crippen molar-refractivity contribution in [3.63, 3.8) is 0 Å². The Kier molecular flexibility index (Phi) is 3.97. The summed E-state index contributed by atoms with van der Waals surface area (Å²) in [5.41, 5.74) is 0.715. The van der Waals surface area contributed by atoms with E-state index in [1.54, 1.807) is 4.90 Å². The Balaban J connectivity index is 2.68. The molecule has 1 rings (SSSR count). The summed E-state index contributed by atoms with van der Waals surface area (Å²) in [6, 6.07) is -0.153. The lowest BCUT2D eigenvalue weighted by atomic mass is 10.0. The SMILES string of the molecule is CC1=CCN(C(=O)OC(C)(C)C)[C@@H](CO)C1. The molecule has 0 spiro atoms. The van der Waals surface area contributed by atoms with Crippen LogP contribution in [0.2, 0.25) is 0 Å². The van der Waals surface area contributed by atoms with Crippen LogP contribution in [0.1, 0.15) is 34.1 Å². The molecule has 0 unspecified atom stereocenters. The third kappa shape index (κ3) is 3.52. The fourth-order valence-electron chi connectivity index (χ4n) is 1.68. The minimum Gasteiger partial charge on any atom is -0.444 e. The van der Waals surface area contributed by atoms with Crippen molar-refractivity contribution in [1.29, 1.82) is 0 Å². The third-order valence-corrected chi connectivity index (χ3v) is 2.47. The van der Waals surface area contributed by atoms with Crippen LogP contribution in [0.3, 0.4) is 0 Å². The zero-order chi connectivity index (χ0) is 12.3. The number of ether oxygens (including phenoxy) is 1.